The molecule has 18 heavy (non-hydrogen) atoms. The van der Waals surface area contributed by atoms with Gasteiger partial charge < -0.3 is 9.64 Å². The van der Waals surface area contributed by atoms with Gasteiger partial charge in [-0.2, -0.15) is 0 Å². The molecule has 1 aromatic rings. The van der Waals surface area contributed by atoms with Gasteiger partial charge in [-0.15, -0.1) is 6.58 Å². The number of carbonyl (C=O) groups is 1. The van der Waals surface area contributed by atoms with E-state index in [1.54, 1.807) is 12.0 Å². The zero-order chi connectivity index (χ0) is 13.3. The molecular weight excluding hydrogens is 362 g/mol. The molecule has 1 fully saturated rings. The number of ether oxygens (including phenoxy) is 1. The number of anilines is 1. The predicted octanol–water partition coefficient (Wildman–Crippen LogP) is 3.76. The number of hydrogen-bond donors (Lipinski definition) is 0. The molecule has 0 bridgehead atoms. The van der Waals surface area contributed by atoms with E-state index < -0.39 is 0 Å². The van der Waals surface area contributed by atoms with E-state index in [9.17, 15) is 4.79 Å². The highest BCUT2D eigenvalue weighted by atomic mass is 79.9. The number of benzene rings is 1. The van der Waals surface area contributed by atoms with E-state index in [1.165, 1.54) is 0 Å². The van der Waals surface area contributed by atoms with E-state index in [2.05, 4.69) is 38.4 Å². The van der Waals surface area contributed by atoms with Crippen LogP contribution in [0.4, 0.5) is 5.69 Å². The van der Waals surface area contributed by atoms with Gasteiger partial charge in [-0.25, -0.2) is 0 Å². The van der Waals surface area contributed by atoms with Crippen molar-refractivity contribution in [1.29, 1.82) is 0 Å². The Morgan fingerprint density at radius 2 is 2.17 bits per heavy atom. The molecule has 1 heterocycles. The first-order valence-electron chi connectivity index (χ1n) is 5.52. The molecule has 1 unspecified atom stereocenters. The average molecular weight is 375 g/mol. The summed E-state index contributed by atoms with van der Waals surface area (Å²) in [6.07, 6.45) is 2.36. The van der Waals surface area contributed by atoms with Gasteiger partial charge in [0.2, 0.25) is 5.91 Å². The minimum Gasteiger partial charge on any atom is -0.495 e. The quantitative estimate of drug-likeness (QED) is 0.754. The van der Waals surface area contributed by atoms with Gasteiger partial charge in [0.15, 0.2) is 0 Å². The maximum atomic E-state index is 12.0. The Kier molecular flexibility index (Phi) is 4.12. The van der Waals surface area contributed by atoms with Crippen LogP contribution in [0.25, 0.3) is 0 Å². The van der Waals surface area contributed by atoms with Crippen LogP contribution in [0, 0.1) is 5.92 Å². The lowest BCUT2D eigenvalue weighted by atomic mass is 10.1. The number of rotatable bonds is 3. The molecule has 0 radical (unpaired) electrons. The summed E-state index contributed by atoms with van der Waals surface area (Å²) in [6, 6.07) is 3.75. The Labute approximate surface area is 123 Å². The fourth-order valence-electron chi connectivity index (χ4n) is 2.01. The fourth-order valence-corrected chi connectivity index (χ4v) is 3.38. The maximum absolute atomic E-state index is 12.0. The SMILES string of the molecule is C=CC1CC(=O)N(c2cc(OC)c(Br)cc2Br)C1. The molecule has 1 atom stereocenters. The number of methoxy groups -OCH3 is 1. The molecule has 5 heteroatoms. The monoisotopic (exact) mass is 373 g/mol. The van der Waals surface area contributed by atoms with Gasteiger partial charge in [0.25, 0.3) is 0 Å². The first-order chi connectivity index (χ1) is 8.56. The van der Waals surface area contributed by atoms with Gasteiger partial charge in [-0.3, -0.25) is 4.79 Å². The van der Waals surface area contributed by atoms with E-state index in [1.807, 2.05) is 18.2 Å². The smallest absolute Gasteiger partial charge is 0.227 e. The molecule has 1 aromatic carbocycles. The minimum atomic E-state index is 0.116. The minimum absolute atomic E-state index is 0.116. The predicted molar refractivity (Wildman–Crippen MR) is 79.1 cm³/mol. The van der Waals surface area contributed by atoms with Crippen LogP contribution >= 0.6 is 31.9 Å². The zero-order valence-corrected chi connectivity index (χ0v) is 13.1. The highest BCUT2D eigenvalue weighted by Gasteiger charge is 2.30. The van der Waals surface area contributed by atoms with Crippen molar-refractivity contribution in [2.75, 3.05) is 18.6 Å². The van der Waals surface area contributed by atoms with Crippen LogP contribution in [0.3, 0.4) is 0 Å². The lowest BCUT2D eigenvalue weighted by molar-refractivity contribution is -0.117. The van der Waals surface area contributed by atoms with Crippen LogP contribution < -0.4 is 9.64 Å². The van der Waals surface area contributed by atoms with Crippen molar-refractivity contribution in [2.24, 2.45) is 5.92 Å². The summed E-state index contributed by atoms with van der Waals surface area (Å²) in [7, 11) is 1.61. The van der Waals surface area contributed by atoms with Crippen molar-refractivity contribution in [3.05, 3.63) is 33.7 Å². The number of halogens is 2. The van der Waals surface area contributed by atoms with Gasteiger partial charge in [-0.1, -0.05) is 6.08 Å². The molecule has 3 nitrogen and oxygen atoms in total. The van der Waals surface area contributed by atoms with Crippen molar-refractivity contribution in [2.45, 2.75) is 6.42 Å². The molecule has 0 aromatic heterocycles. The number of hydrogen-bond acceptors (Lipinski definition) is 2. The van der Waals surface area contributed by atoms with E-state index in [0.717, 1.165) is 14.6 Å². The second-order valence-electron chi connectivity index (χ2n) is 4.14. The first-order valence-corrected chi connectivity index (χ1v) is 7.11. The Bertz CT molecular complexity index is 502. The van der Waals surface area contributed by atoms with Gasteiger partial charge in [0.05, 0.1) is 17.3 Å². The first kappa shape index (κ1) is 13.6. The van der Waals surface area contributed by atoms with Crippen LogP contribution in [-0.4, -0.2) is 19.6 Å². The molecule has 1 aliphatic rings. The third-order valence-corrected chi connectivity index (χ3v) is 4.26. The summed E-state index contributed by atoms with van der Waals surface area (Å²) in [5.74, 6) is 1.05. The number of amides is 1. The van der Waals surface area contributed by atoms with E-state index >= 15 is 0 Å². The van der Waals surface area contributed by atoms with Gasteiger partial charge in [0.1, 0.15) is 5.75 Å². The lowest BCUT2D eigenvalue weighted by Gasteiger charge is -2.19. The lowest BCUT2D eigenvalue weighted by Crippen LogP contribution is -2.24. The maximum Gasteiger partial charge on any atom is 0.227 e. The fraction of sp³-hybridized carbons (Fsp3) is 0.308. The molecule has 1 amide bonds. The second-order valence-corrected chi connectivity index (χ2v) is 5.85. The summed E-state index contributed by atoms with van der Waals surface area (Å²) in [6.45, 7) is 4.43. The summed E-state index contributed by atoms with van der Waals surface area (Å²) in [5, 5.41) is 0. The summed E-state index contributed by atoms with van der Waals surface area (Å²) in [5.41, 5.74) is 0.837. The van der Waals surface area contributed by atoms with Crippen LogP contribution in [0.5, 0.6) is 5.75 Å². The number of nitrogens with zero attached hydrogens (tertiary/aromatic N) is 1. The Morgan fingerprint density at radius 1 is 1.44 bits per heavy atom. The van der Waals surface area contributed by atoms with Crippen LogP contribution in [-0.2, 0) is 4.79 Å². The van der Waals surface area contributed by atoms with Crippen molar-refractivity contribution in [1.82, 2.24) is 0 Å². The standard InChI is InChI=1S/C13H13Br2NO2/c1-3-8-4-13(17)16(7-8)11-6-12(18-2)10(15)5-9(11)14/h3,5-6,8H,1,4,7H2,2H3. The van der Waals surface area contributed by atoms with Crippen molar-refractivity contribution in [3.63, 3.8) is 0 Å². The Morgan fingerprint density at radius 3 is 2.72 bits per heavy atom. The van der Waals surface area contributed by atoms with E-state index in [0.29, 0.717) is 18.7 Å². The van der Waals surface area contributed by atoms with Gasteiger partial charge in [-0.05, 0) is 37.9 Å². The Hall–Kier alpha value is -0.810. The molecular formula is C13H13Br2NO2. The van der Waals surface area contributed by atoms with Crippen LogP contribution in [0.2, 0.25) is 0 Å². The molecule has 0 N–H and O–H groups in total. The molecule has 1 aliphatic heterocycles. The average Bonchev–Trinajstić information content (AvgIpc) is 2.71. The molecule has 0 aliphatic carbocycles. The summed E-state index contributed by atoms with van der Waals surface area (Å²) >= 11 is 6.90. The van der Waals surface area contributed by atoms with E-state index in [-0.39, 0.29) is 11.8 Å². The van der Waals surface area contributed by atoms with Gasteiger partial charge in [0, 0.05) is 29.4 Å². The molecule has 0 spiro atoms. The highest BCUT2D eigenvalue weighted by molar-refractivity contribution is 9.11. The third-order valence-electron chi connectivity index (χ3n) is 3.00. The highest BCUT2D eigenvalue weighted by Crippen LogP contribution is 2.38. The van der Waals surface area contributed by atoms with E-state index in [4.69, 9.17) is 4.74 Å². The molecule has 2 rings (SSSR count). The molecule has 0 saturated carbocycles. The normalized spacial score (nSPS) is 19.2. The van der Waals surface area contributed by atoms with Gasteiger partial charge >= 0.3 is 0 Å². The molecule has 96 valence electrons. The van der Waals surface area contributed by atoms with Crippen molar-refractivity contribution < 1.29 is 9.53 Å². The van der Waals surface area contributed by atoms with Crippen LogP contribution in [0.15, 0.2) is 33.7 Å². The second kappa shape index (κ2) is 5.45. The third kappa shape index (κ3) is 2.47. The Balaban J connectivity index is 2.39. The topological polar surface area (TPSA) is 29.5 Å². The summed E-state index contributed by atoms with van der Waals surface area (Å²) < 4.78 is 6.99. The molecule has 1 saturated heterocycles. The summed E-state index contributed by atoms with van der Waals surface area (Å²) in [4.78, 5) is 13.8. The van der Waals surface area contributed by atoms with Crippen molar-refractivity contribution >= 4 is 43.5 Å². The zero-order valence-electron chi connectivity index (χ0n) is 9.95. The number of carbonyl (C=O) groups excluding carboxylic acids is 1. The van der Waals surface area contributed by atoms with Crippen LogP contribution in [0.1, 0.15) is 6.42 Å². The largest absolute Gasteiger partial charge is 0.495 e. The van der Waals surface area contributed by atoms with Crippen molar-refractivity contribution in [3.8, 4) is 5.75 Å².